The maximum absolute atomic E-state index is 11.7. The lowest BCUT2D eigenvalue weighted by atomic mass is 10.2. The number of hydrogen-bond acceptors (Lipinski definition) is 8. The lowest BCUT2D eigenvalue weighted by Crippen LogP contribution is -2.18. The topological polar surface area (TPSA) is 144 Å². The van der Waals surface area contributed by atoms with Crippen LogP contribution in [-0.2, 0) is 14.6 Å². The summed E-state index contributed by atoms with van der Waals surface area (Å²) < 4.78 is 35.3. The number of primary amides is 1. The highest BCUT2D eigenvalue weighted by Gasteiger charge is 2.24. The summed E-state index contributed by atoms with van der Waals surface area (Å²) in [6.45, 7) is 2.10. The van der Waals surface area contributed by atoms with Gasteiger partial charge in [-0.2, -0.15) is 0 Å². The number of rotatable bonds is 9. The van der Waals surface area contributed by atoms with E-state index in [4.69, 9.17) is 15.2 Å². The number of thioether (sulfide) groups is 1. The standard InChI is InChI=1S/C23H25N3O6S2/c1-13(12-27)31-20-9-16(32-15-3-5-18(6-4-15)34(2,29)30)7-14-8-19(26-22(14)20)23-25-11-17(33-23)10-21(24)28/h3-9,13,17,26-27H,10-12H2,1-2H3,(H2,24,28). The molecule has 0 saturated heterocycles. The Hall–Kier alpha value is -3.02. The summed E-state index contributed by atoms with van der Waals surface area (Å²) in [7, 11) is -3.30. The van der Waals surface area contributed by atoms with Gasteiger partial charge in [-0.05, 0) is 43.3 Å². The van der Waals surface area contributed by atoms with E-state index in [0.717, 1.165) is 27.9 Å². The smallest absolute Gasteiger partial charge is 0.218 e. The third-order valence-electron chi connectivity index (χ3n) is 5.11. The van der Waals surface area contributed by atoms with Crippen molar-refractivity contribution in [2.24, 2.45) is 10.7 Å². The number of carbonyl (C=O) groups is 1. The number of aliphatic imine (C=N–C) groups is 1. The molecule has 4 rings (SSSR count). The maximum Gasteiger partial charge on any atom is 0.218 e. The molecule has 0 aliphatic carbocycles. The predicted molar refractivity (Wildman–Crippen MR) is 132 cm³/mol. The van der Waals surface area contributed by atoms with Crippen molar-refractivity contribution in [2.45, 2.75) is 29.6 Å². The van der Waals surface area contributed by atoms with Gasteiger partial charge in [-0.1, -0.05) is 11.8 Å². The third kappa shape index (κ3) is 5.54. The molecule has 34 heavy (non-hydrogen) atoms. The molecule has 180 valence electrons. The fraction of sp³-hybridized carbons (Fsp3) is 0.304. The molecule has 2 atom stereocenters. The minimum atomic E-state index is -3.30. The van der Waals surface area contributed by atoms with Gasteiger partial charge in [0.1, 0.15) is 28.4 Å². The molecule has 2 heterocycles. The molecule has 1 amide bonds. The van der Waals surface area contributed by atoms with E-state index < -0.39 is 15.9 Å². The molecule has 0 saturated carbocycles. The Bertz CT molecular complexity index is 1350. The SMILES string of the molecule is CC(CO)Oc1cc(Oc2ccc(S(C)(=O)=O)cc2)cc2cc(C3=NCC(CC(N)=O)S3)[nH]c12. The second-order valence-electron chi connectivity index (χ2n) is 8.08. The molecule has 0 bridgehead atoms. The molecule has 9 nitrogen and oxygen atoms in total. The predicted octanol–water partition coefficient (Wildman–Crippen LogP) is 2.86. The number of sulfone groups is 1. The summed E-state index contributed by atoms with van der Waals surface area (Å²) in [4.78, 5) is 19.3. The number of fused-ring (bicyclic) bond motifs is 1. The van der Waals surface area contributed by atoms with Crippen LogP contribution in [0.15, 0.2) is 52.4 Å². The Balaban J connectivity index is 1.65. The number of H-pyrrole nitrogens is 1. The van der Waals surface area contributed by atoms with Crippen LogP contribution in [0, 0.1) is 0 Å². The van der Waals surface area contributed by atoms with Gasteiger partial charge in [0, 0.05) is 29.4 Å². The van der Waals surface area contributed by atoms with E-state index in [-0.39, 0.29) is 29.1 Å². The number of benzene rings is 2. The molecule has 0 fully saturated rings. The monoisotopic (exact) mass is 503 g/mol. The Kier molecular flexibility index (Phi) is 6.87. The minimum Gasteiger partial charge on any atom is -0.486 e. The Morgan fingerprint density at radius 1 is 1.26 bits per heavy atom. The molecule has 1 aliphatic rings. The van der Waals surface area contributed by atoms with Gasteiger partial charge in [0.25, 0.3) is 0 Å². The summed E-state index contributed by atoms with van der Waals surface area (Å²) in [5, 5.41) is 11.1. The number of carbonyl (C=O) groups excluding carboxylic acids is 1. The zero-order valence-electron chi connectivity index (χ0n) is 18.6. The molecule has 2 aromatic carbocycles. The third-order valence-corrected chi connectivity index (χ3v) is 7.46. The van der Waals surface area contributed by atoms with E-state index in [0.29, 0.717) is 23.8 Å². The molecular formula is C23H25N3O6S2. The largest absolute Gasteiger partial charge is 0.486 e. The van der Waals surface area contributed by atoms with Crippen molar-refractivity contribution in [3.8, 4) is 17.2 Å². The van der Waals surface area contributed by atoms with Crippen molar-refractivity contribution < 1.29 is 27.8 Å². The van der Waals surface area contributed by atoms with Gasteiger partial charge in [-0.25, -0.2) is 8.42 Å². The molecular weight excluding hydrogens is 478 g/mol. The van der Waals surface area contributed by atoms with Gasteiger partial charge in [0.15, 0.2) is 9.84 Å². The molecule has 1 aliphatic heterocycles. The number of aromatic amines is 1. The summed E-state index contributed by atoms with van der Waals surface area (Å²) in [5.74, 6) is 1.09. The number of aromatic nitrogens is 1. The second kappa shape index (κ2) is 9.69. The first-order valence-corrected chi connectivity index (χ1v) is 13.3. The van der Waals surface area contributed by atoms with Crippen molar-refractivity contribution in [2.75, 3.05) is 19.4 Å². The highest BCUT2D eigenvalue weighted by atomic mass is 32.2. The average Bonchev–Trinajstić information content (AvgIpc) is 3.40. The highest BCUT2D eigenvalue weighted by Crippen LogP contribution is 2.36. The molecule has 3 aromatic rings. The number of nitrogens with two attached hydrogens (primary N) is 1. The van der Waals surface area contributed by atoms with E-state index in [1.165, 1.54) is 23.9 Å². The summed E-state index contributed by atoms with van der Waals surface area (Å²) >= 11 is 1.50. The zero-order chi connectivity index (χ0) is 24.5. The number of nitrogens with zero attached hydrogens (tertiary/aromatic N) is 1. The van der Waals surface area contributed by atoms with Crippen LogP contribution in [-0.4, -0.2) is 60.2 Å². The molecule has 0 radical (unpaired) electrons. The van der Waals surface area contributed by atoms with Gasteiger partial charge in [0.05, 0.1) is 29.3 Å². The van der Waals surface area contributed by atoms with Gasteiger partial charge in [-0.15, -0.1) is 0 Å². The van der Waals surface area contributed by atoms with Crippen molar-refractivity contribution in [1.82, 2.24) is 4.98 Å². The number of nitrogens with one attached hydrogen (secondary N) is 1. The summed E-state index contributed by atoms with van der Waals surface area (Å²) in [6, 6.07) is 11.6. The van der Waals surface area contributed by atoms with Crippen molar-refractivity contribution >= 4 is 43.5 Å². The van der Waals surface area contributed by atoms with E-state index in [1.807, 2.05) is 12.1 Å². The van der Waals surface area contributed by atoms with Crippen LogP contribution in [0.25, 0.3) is 10.9 Å². The first-order chi connectivity index (χ1) is 16.1. The van der Waals surface area contributed by atoms with Crippen LogP contribution in [0.5, 0.6) is 17.2 Å². The summed E-state index contributed by atoms with van der Waals surface area (Å²) in [6.07, 6.45) is 0.962. The van der Waals surface area contributed by atoms with Crippen molar-refractivity contribution in [3.63, 3.8) is 0 Å². The van der Waals surface area contributed by atoms with Crippen LogP contribution in [0.4, 0.5) is 0 Å². The van der Waals surface area contributed by atoms with E-state index in [2.05, 4.69) is 9.98 Å². The average molecular weight is 504 g/mol. The number of aliphatic hydroxyl groups excluding tert-OH is 1. The molecule has 0 spiro atoms. The number of hydrogen-bond donors (Lipinski definition) is 3. The molecule has 11 heteroatoms. The maximum atomic E-state index is 11.7. The van der Waals surface area contributed by atoms with Crippen LogP contribution < -0.4 is 15.2 Å². The van der Waals surface area contributed by atoms with Gasteiger partial charge in [0.2, 0.25) is 5.91 Å². The first-order valence-electron chi connectivity index (χ1n) is 10.5. The molecule has 2 unspecified atom stereocenters. The van der Waals surface area contributed by atoms with Gasteiger partial charge >= 0.3 is 0 Å². The number of aliphatic hydroxyl groups is 1. The highest BCUT2D eigenvalue weighted by molar-refractivity contribution is 8.15. The number of ether oxygens (including phenoxy) is 2. The van der Waals surface area contributed by atoms with Crippen molar-refractivity contribution in [1.29, 1.82) is 0 Å². The lowest BCUT2D eigenvalue weighted by molar-refractivity contribution is -0.117. The van der Waals surface area contributed by atoms with E-state index in [1.54, 1.807) is 25.1 Å². The fourth-order valence-electron chi connectivity index (χ4n) is 3.49. The minimum absolute atomic E-state index is 0.0119. The van der Waals surface area contributed by atoms with Crippen LogP contribution in [0.2, 0.25) is 0 Å². The normalized spacial score (nSPS) is 16.9. The lowest BCUT2D eigenvalue weighted by Gasteiger charge is -2.14. The van der Waals surface area contributed by atoms with Crippen LogP contribution in [0.1, 0.15) is 19.0 Å². The molecule has 4 N–H and O–H groups in total. The van der Waals surface area contributed by atoms with E-state index >= 15 is 0 Å². The Morgan fingerprint density at radius 3 is 2.65 bits per heavy atom. The molecule has 1 aromatic heterocycles. The first kappa shape index (κ1) is 24.1. The Labute approximate surface area is 201 Å². The van der Waals surface area contributed by atoms with Crippen molar-refractivity contribution in [3.05, 3.63) is 48.2 Å². The Morgan fingerprint density at radius 2 is 2.00 bits per heavy atom. The van der Waals surface area contributed by atoms with Gasteiger partial charge in [-0.3, -0.25) is 9.79 Å². The van der Waals surface area contributed by atoms with Crippen LogP contribution in [0.3, 0.4) is 0 Å². The van der Waals surface area contributed by atoms with E-state index in [9.17, 15) is 18.3 Å². The number of amides is 1. The summed E-state index contributed by atoms with van der Waals surface area (Å²) in [5.41, 5.74) is 6.81. The quantitative estimate of drug-likeness (QED) is 0.407. The fourth-order valence-corrected chi connectivity index (χ4v) is 5.22. The van der Waals surface area contributed by atoms with Crippen LogP contribution >= 0.6 is 11.8 Å². The zero-order valence-corrected chi connectivity index (χ0v) is 20.3. The second-order valence-corrected chi connectivity index (χ2v) is 11.4. The van der Waals surface area contributed by atoms with Gasteiger partial charge < -0.3 is 25.3 Å².